The average molecular weight is 407 g/mol. The molecule has 4 rings (SSSR count). The van der Waals surface area contributed by atoms with Gasteiger partial charge in [0.15, 0.2) is 0 Å². The van der Waals surface area contributed by atoms with Crippen LogP contribution in [0, 0.1) is 0 Å². The van der Waals surface area contributed by atoms with Crippen molar-refractivity contribution in [3.8, 4) is 5.75 Å². The van der Waals surface area contributed by atoms with Gasteiger partial charge in [0.05, 0.1) is 12.0 Å². The lowest BCUT2D eigenvalue weighted by Crippen LogP contribution is -2.29. The molecule has 3 aromatic carbocycles. The molecule has 4 aromatic rings. The fraction of sp³-hybridized carbons (Fsp3) is 0.130. The highest BCUT2D eigenvalue weighted by Crippen LogP contribution is 2.31. The molecule has 0 fully saturated rings. The van der Waals surface area contributed by atoms with E-state index in [2.05, 4.69) is 9.71 Å². The first kappa shape index (κ1) is 19.2. The number of H-pyrrole nitrogens is 1. The third-order valence-corrected chi connectivity index (χ3v) is 6.49. The lowest BCUT2D eigenvalue weighted by atomic mass is 9.91. The molecule has 0 aliphatic rings. The molecule has 6 heteroatoms. The van der Waals surface area contributed by atoms with Crippen LogP contribution in [0.4, 0.5) is 0 Å². The number of fused-ring (bicyclic) bond motifs is 1. The molecule has 148 valence electrons. The zero-order valence-electron chi connectivity index (χ0n) is 16.0. The van der Waals surface area contributed by atoms with Gasteiger partial charge in [-0.3, -0.25) is 0 Å². The molecule has 1 atom stereocenters. The number of sulfonamides is 1. The van der Waals surface area contributed by atoms with E-state index in [1.54, 1.807) is 37.4 Å². The minimum atomic E-state index is -3.61. The van der Waals surface area contributed by atoms with Gasteiger partial charge in [0.1, 0.15) is 5.75 Å². The second kappa shape index (κ2) is 8.11. The lowest BCUT2D eigenvalue weighted by molar-refractivity contribution is 0.414. The normalized spacial score (nSPS) is 12.7. The summed E-state index contributed by atoms with van der Waals surface area (Å²) >= 11 is 0. The van der Waals surface area contributed by atoms with Gasteiger partial charge in [-0.2, -0.15) is 0 Å². The van der Waals surface area contributed by atoms with Crippen LogP contribution in [0.3, 0.4) is 0 Å². The third-order valence-electron chi connectivity index (χ3n) is 5.05. The topological polar surface area (TPSA) is 71.2 Å². The van der Waals surface area contributed by atoms with Gasteiger partial charge in [0.2, 0.25) is 10.0 Å². The summed E-state index contributed by atoms with van der Waals surface area (Å²) in [5, 5.41) is 1.08. The summed E-state index contributed by atoms with van der Waals surface area (Å²) < 4.78 is 33.6. The van der Waals surface area contributed by atoms with Crippen LogP contribution in [0.5, 0.6) is 5.75 Å². The Kier molecular flexibility index (Phi) is 5.38. The first-order valence-electron chi connectivity index (χ1n) is 9.33. The maximum atomic E-state index is 12.8. The Labute approximate surface area is 170 Å². The van der Waals surface area contributed by atoms with Crippen LogP contribution in [0.2, 0.25) is 0 Å². The summed E-state index contributed by atoms with van der Waals surface area (Å²) in [7, 11) is -1.98. The van der Waals surface area contributed by atoms with Crippen LogP contribution < -0.4 is 9.46 Å². The number of aromatic nitrogens is 1. The maximum Gasteiger partial charge on any atom is 0.240 e. The van der Waals surface area contributed by atoms with Crippen molar-refractivity contribution in [1.82, 2.24) is 9.71 Å². The summed E-state index contributed by atoms with van der Waals surface area (Å²) in [6.07, 6.45) is 1.95. The Morgan fingerprint density at radius 2 is 1.62 bits per heavy atom. The number of nitrogens with one attached hydrogen (secondary N) is 2. The number of hydrogen-bond acceptors (Lipinski definition) is 3. The Balaban J connectivity index is 1.70. The van der Waals surface area contributed by atoms with E-state index >= 15 is 0 Å². The van der Waals surface area contributed by atoms with E-state index in [0.717, 1.165) is 27.8 Å². The molecule has 0 radical (unpaired) electrons. The van der Waals surface area contributed by atoms with Crippen molar-refractivity contribution in [2.24, 2.45) is 0 Å². The van der Waals surface area contributed by atoms with Crippen molar-refractivity contribution in [1.29, 1.82) is 0 Å². The van der Waals surface area contributed by atoms with Gasteiger partial charge in [-0.05, 0) is 41.5 Å². The number of benzene rings is 3. The molecule has 2 N–H and O–H groups in total. The number of rotatable bonds is 7. The molecule has 1 heterocycles. The summed E-state index contributed by atoms with van der Waals surface area (Å²) in [6.45, 7) is 0.241. The van der Waals surface area contributed by atoms with Crippen LogP contribution >= 0.6 is 0 Å². The number of methoxy groups -OCH3 is 1. The maximum absolute atomic E-state index is 12.8. The van der Waals surface area contributed by atoms with Crippen molar-refractivity contribution in [2.75, 3.05) is 13.7 Å². The predicted octanol–water partition coefficient (Wildman–Crippen LogP) is 4.29. The standard InChI is InChI=1S/C23H22N2O3S/c1-28-18-13-11-17(12-14-18)21(22-15-24-23-10-6-5-9-20(22)23)16-25-29(26,27)19-7-3-2-4-8-19/h2-15,21,24-25H,16H2,1H3. The highest BCUT2D eigenvalue weighted by Gasteiger charge is 2.22. The Hall–Kier alpha value is -3.09. The van der Waals surface area contributed by atoms with Crippen LogP contribution in [0.1, 0.15) is 17.0 Å². The minimum Gasteiger partial charge on any atom is -0.497 e. The number of para-hydroxylation sites is 1. The molecule has 0 saturated carbocycles. The zero-order chi connectivity index (χ0) is 20.3. The molecule has 1 aromatic heterocycles. The average Bonchev–Trinajstić information content (AvgIpc) is 3.19. The van der Waals surface area contributed by atoms with Crippen molar-refractivity contribution in [3.05, 3.63) is 96.2 Å². The Morgan fingerprint density at radius 3 is 2.34 bits per heavy atom. The van der Waals surface area contributed by atoms with Gasteiger partial charge in [0.25, 0.3) is 0 Å². The Bertz CT molecular complexity index is 1200. The van der Waals surface area contributed by atoms with Crippen molar-refractivity contribution in [3.63, 3.8) is 0 Å². The molecular weight excluding hydrogens is 384 g/mol. The molecule has 0 saturated heterocycles. The summed E-state index contributed by atoms with van der Waals surface area (Å²) in [4.78, 5) is 3.54. The van der Waals surface area contributed by atoms with Crippen LogP contribution in [-0.2, 0) is 10.0 Å². The monoisotopic (exact) mass is 406 g/mol. The number of hydrogen-bond donors (Lipinski definition) is 2. The molecule has 29 heavy (non-hydrogen) atoms. The third kappa shape index (κ3) is 4.04. The van der Waals surface area contributed by atoms with Crippen LogP contribution in [0.15, 0.2) is 90.0 Å². The molecule has 0 aliphatic heterocycles. The molecule has 0 amide bonds. The number of ether oxygens (including phenoxy) is 1. The van der Waals surface area contributed by atoms with E-state index in [4.69, 9.17) is 4.74 Å². The van der Waals surface area contributed by atoms with E-state index < -0.39 is 10.0 Å². The van der Waals surface area contributed by atoms with E-state index in [9.17, 15) is 8.42 Å². The van der Waals surface area contributed by atoms with Gasteiger partial charge < -0.3 is 9.72 Å². The quantitative estimate of drug-likeness (QED) is 0.481. The summed E-state index contributed by atoms with van der Waals surface area (Å²) in [5.74, 6) is 0.604. The van der Waals surface area contributed by atoms with Crippen molar-refractivity contribution < 1.29 is 13.2 Å². The van der Waals surface area contributed by atoms with Crippen LogP contribution in [0.25, 0.3) is 10.9 Å². The first-order chi connectivity index (χ1) is 14.1. The van der Waals surface area contributed by atoms with Gasteiger partial charge in [-0.15, -0.1) is 0 Å². The largest absolute Gasteiger partial charge is 0.497 e. The van der Waals surface area contributed by atoms with E-state index in [0.29, 0.717) is 0 Å². The molecule has 5 nitrogen and oxygen atoms in total. The van der Waals surface area contributed by atoms with Crippen molar-refractivity contribution in [2.45, 2.75) is 10.8 Å². The second-order valence-electron chi connectivity index (χ2n) is 6.78. The van der Waals surface area contributed by atoms with E-state index in [-0.39, 0.29) is 17.4 Å². The highest BCUT2D eigenvalue weighted by molar-refractivity contribution is 7.89. The SMILES string of the molecule is COc1ccc(C(CNS(=O)(=O)c2ccccc2)c2c[nH]c3ccccc23)cc1. The Morgan fingerprint density at radius 1 is 0.931 bits per heavy atom. The molecule has 1 unspecified atom stereocenters. The molecular formula is C23H22N2O3S. The summed E-state index contributed by atoms with van der Waals surface area (Å²) in [5.41, 5.74) is 3.07. The van der Waals surface area contributed by atoms with Crippen LogP contribution in [-0.4, -0.2) is 27.1 Å². The zero-order valence-corrected chi connectivity index (χ0v) is 16.8. The van der Waals surface area contributed by atoms with Gasteiger partial charge in [-0.25, -0.2) is 13.1 Å². The first-order valence-corrected chi connectivity index (χ1v) is 10.8. The number of aromatic amines is 1. The smallest absolute Gasteiger partial charge is 0.240 e. The molecule has 0 bridgehead atoms. The summed E-state index contributed by atoms with van der Waals surface area (Å²) in [6, 6.07) is 24.2. The second-order valence-corrected chi connectivity index (χ2v) is 8.55. The van der Waals surface area contributed by atoms with Crippen molar-refractivity contribution >= 4 is 20.9 Å². The fourth-order valence-corrected chi connectivity index (χ4v) is 4.57. The predicted molar refractivity (Wildman–Crippen MR) is 115 cm³/mol. The van der Waals surface area contributed by atoms with E-state index in [1.807, 2.05) is 54.7 Å². The minimum absolute atomic E-state index is 0.157. The lowest BCUT2D eigenvalue weighted by Gasteiger charge is -2.19. The fourth-order valence-electron chi connectivity index (χ4n) is 3.50. The van der Waals surface area contributed by atoms with Gasteiger partial charge in [0, 0.05) is 29.6 Å². The molecule has 0 aliphatic carbocycles. The van der Waals surface area contributed by atoms with Gasteiger partial charge in [-0.1, -0.05) is 48.5 Å². The molecule has 0 spiro atoms. The van der Waals surface area contributed by atoms with Gasteiger partial charge >= 0.3 is 0 Å². The van der Waals surface area contributed by atoms with E-state index in [1.165, 1.54) is 0 Å². The highest BCUT2D eigenvalue weighted by atomic mass is 32.2.